The van der Waals surface area contributed by atoms with E-state index in [-0.39, 0.29) is 5.78 Å². The number of ketones is 1. The van der Waals surface area contributed by atoms with Crippen LogP contribution in [0, 0.1) is 0 Å². The molecule has 3 aromatic rings. The molecule has 1 aliphatic carbocycles. The third-order valence-electron chi connectivity index (χ3n) is 6.04. The zero-order chi connectivity index (χ0) is 21.8. The fraction of sp³-hybridized carbons (Fsp3) is 0.385. The van der Waals surface area contributed by atoms with E-state index in [9.17, 15) is 4.79 Å². The monoisotopic (exact) mass is 436 g/mol. The molecule has 4 nitrogen and oxygen atoms in total. The van der Waals surface area contributed by atoms with Gasteiger partial charge in [0.15, 0.2) is 5.78 Å². The summed E-state index contributed by atoms with van der Waals surface area (Å²) in [6.45, 7) is 2.03. The van der Waals surface area contributed by atoms with E-state index in [1.165, 1.54) is 19.3 Å². The van der Waals surface area contributed by atoms with Crippen molar-refractivity contribution in [3.8, 4) is 16.9 Å². The SMILES string of the molecule is CCCC(=O)c1cnc2ccc(-c3cc(Cl)cc(OC)c3)cc2c1NC1CCCCC1. The number of ether oxygens (including phenoxy) is 1. The number of anilines is 1. The molecule has 0 radical (unpaired) electrons. The maximum Gasteiger partial charge on any atom is 0.166 e. The Kier molecular flexibility index (Phi) is 6.77. The van der Waals surface area contributed by atoms with Gasteiger partial charge in [0.1, 0.15) is 5.75 Å². The second kappa shape index (κ2) is 9.69. The molecule has 0 unspecified atom stereocenters. The summed E-state index contributed by atoms with van der Waals surface area (Å²) in [5.74, 6) is 0.859. The number of fused-ring (bicyclic) bond motifs is 1. The number of Topliss-reactive ketones (excluding diaryl/α,β-unsaturated/α-hetero) is 1. The number of aromatic nitrogens is 1. The highest BCUT2D eigenvalue weighted by Crippen LogP contribution is 2.35. The maximum atomic E-state index is 12.9. The fourth-order valence-electron chi connectivity index (χ4n) is 4.40. The van der Waals surface area contributed by atoms with Crippen molar-refractivity contribution in [2.75, 3.05) is 12.4 Å². The van der Waals surface area contributed by atoms with E-state index in [0.717, 1.165) is 47.0 Å². The number of nitrogens with one attached hydrogen (secondary N) is 1. The zero-order valence-corrected chi connectivity index (χ0v) is 19.0. The molecule has 4 rings (SSSR count). The topological polar surface area (TPSA) is 51.2 Å². The molecule has 0 atom stereocenters. The minimum absolute atomic E-state index is 0.144. The molecule has 0 saturated heterocycles. The number of benzene rings is 2. The predicted molar refractivity (Wildman–Crippen MR) is 128 cm³/mol. The summed E-state index contributed by atoms with van der Waals surface area (Å²) in [5, 5.41) is 5.33. The fourth-order valence-corrected chi connectivity index (χ4v) is 4.62. The second-order valence-corrected chi connectivity index (χ2v) is 8.75. The van der Waals surface area contributed by atoms with E-state index < -0.39 is 0 Å². The van der Waals surface area contributed by atoms with E-state index >= 15 is 0 Å². The van der Waals surface area contributed by atoms with Gasteiger partial charge in [-0.2, -0.15) is 0 Å². The van der Waals surface area contributed by atoms with Crippen molar-refractivity contribution < 1.29 is 9.53 Å². The van der Waals surface area contributed by atoms with Gasteiger partial charge in [0.2, 0.25) is 0 Å². The van der Waals surface area contributed by atoms with Crippen LogP contribution in [0.1, 0.15) is 62.2 Å². The molecule has 0 aliphatic heterocycles. The van der Waals surface area contributed by atoms with Crippen LogP contribution in [-0.4, -0.2) is 23.9 Å². The van der Waals surface area contributed by atoms with E-state index in [2.05, 4.69) is 16.4 Å². The Balaban J connectivity index is 1.84. The molecule has 0 spiro atoms. The van der Waals surface area contributed by atoms with Crippen LogP contribution in [0.15, 0.2) is 42.6 Å². The van der Waals surface area contributed by atoms with Gasteiger partial charge in [0, 0.05) is 29.1 Å². The average molecular weight is 437 g/mol. The van der Waals surface area contributed by atoms with Gasteiger partial charge in [-0.05, 0) is 60.7 Å². The number of nitrogens with zero attached hydrogens (tertiary/aromatic N) is 1. The molecule has 2 aromatic carbocycles. The van der Waals surface area contributed by atoms with Crippen molar-refractivity contribution in [3.63, 3.8) is 0 Å². The lowest BCUT2D eigenvalue weighted by molar-refractivity contribution is 0.0982. The third kappa shape index (κ3) is 4.85. The molecule has 5 heteroatoms. The number of rotatable bonds is 7. The first-order valence-electron chi connectivity index (χ1n) is 11.2. The predicted octanol–water partition coefficient (Wildman–Crippen LogP) is 7.29. The summed E-state index contributed by atoms with van der Waals surface area (Å²) in [7, 11) is 1.64. The summed E-state index contributed by atoms with van der Waals surface area (Å²) in [5.41, 5.74) is 4.48. The summed E-state index contributed by atoms with van der Waals surface area (Å²) in [6.07, 6.45) is 9.11. The lowest BCUT2D eigenvalue weighted by atomic mass is 9.93. The normalized spacial score (nSPS) is 14.5. The van der Waals surface area contributed by atoms with Crippen LogP contribution in [0.25, 0.3) is 22.0 Å². The van der Waals surface area contributed by atoms with Crippen LogP contribution in [-0.2, 0) is 0 Å². The van der Waals surface area contributed by atoms with Crippen LogP contribution in [0.2, 0.25) is 5.02 Å². The number of methoxy groups -OCH3 is 1. The van der Waals surface area contributed by atoms with Gasteiger partial charge in [-0.15, -0.1) is 0 Å². The summed E-state index contributed by atoms with van der Waals surface area (Å²) < 4.78 is 5.39. The molecule has 1 saturated carbocycles. The van der Waals surface area contributed by atoms with Crippen LogP contribution < -0.4 is 10.1 Å². The van der Waals surface area contributed by atoms with Crippen molar-refractivity contribution in [2.24, 2.45) is 0 Å². The molecule has 0 amide bonds. The summed E-state index contributed by atoms with van der Waals surface area (Å²) in [6, 6.07) is 12.3. The van der Waals surface area contributed by atoms with Crippen molar-refractivity contribution in [3.05, 3.63) is 53.2 Å². The van der Waals surface area contributed by atoms with Crippen molar-refractivity contribution in [1.82, 2.24) is 4.98 Å². The quantitative estimate of drug-likeness (QED) is 0.395. The molecular weight excluding hydrogens is 408 g/mol. The van der Waals surface area contributed by atoms with Gasteiger partial charge < -0.3 is 10.1 Å². The van der Waals surface area contributed by atoms with Gasteiger partial charge in [0.05, 0.1) is 23.9 Å². The molecule has 31 heavy (non-hydrogen) atoms. The molecule has 0 bridgehead atoms. The first-order chi connectivity index (χ1) is 15.1. The Labute approximate surface area is 189 Å². The van der Waals surface area contributed by atoms with E-state index in [1.807, 2.05) is 31.2 Å². The molecule has 1 aliphatic rings. The Bertz CT molecular complexity index is 1090. The third-order valence-corrected chi connectivity index (χ3v) is 6.26. The lowest BCUT2D eigenvalue weighted by Crippen LogP contribution is -2.24. The molecule has 1 heterocycles. The number of carbonyl (C=O) groups is 1. The highest BCUT2D eigenvalue weighted by atomic mass is 35.5. The minimum atomic E-state index is 0.144. The highest BCUT2D eigenvalue weighted by Gasteiger charge is 2.20. The van der Waals surface area contributed by atoms with E-state index in [4.69, 9.17) is 16.3 Å². The van der Waals surface area contributed by atoms with E-state index in [1.54, 1.807) is 19.4 Å². The standard InChI is InChI=1S/C26H29ClN2O2/c1-3-7-25(30)23-16-28-24-11-10-17(18-12-19(27)15-21(13-18)31-2)14-22(24)26(23)29-20-8-5-4-6-9-20/h10-16,20H,3-9H2,1-2H3,(H,28,29). The number of halogens is 1. The van der Waals surface area contributed by atoms with Gasteiger partial charge in [0.25, 0.3) is 0 Å². The molecule has 1 fully saturated rings. The Morgan fingerprint density at radius 1 is 1.13 bits per heavy atom. The molecule has 162 valence electrons. The second-order valence-electron chi connectivity index (χ2n) is 8.31. The van der Waals surface area contributed by atoms with Crippen molar-refractivity contribution >= 4 is 34.0 Å². The van der Waals surface area contributed by atoms with Crippen molar-refractivity contribution in [2.45, 2.75) is 57.9 Å². The smallest absolute Gasteiger partial charge is 0.166 e. The summed E-state index contributed by atoms with van der Waals surface area (Å²) >= 11 is 6.31. The Morgan fingerprint density at radius 3 is 2.68 bits per heavy atom. The number of carbonyl (C=O) groups excluding carboxylic acids is 1. The Hall–Kier alpha value is -2.59. The molecule has 1 aromatic heterocycles. The summed E-state index contributed by atoms with van der Waals surface area (Å²) in [4.78, 5) is 17.5. The first kappa shape index (κ1) is 21.6. The lowest BCUT2D eigenvalue weighted by Gasteiger charge is -2.26. The average Bonchev–Trinajstić information content (AvgIpc) is 2.79. The Morgan fingerprint density at radius 2 is 1.94 bits per heavy atom. The van der Waals surface area contributed by atoms with Crippen LogP contribution in [0.3, 0.4) is 0 Å². The van der Waals surface area contributed by atoms with E-state index in [0.29, 0.717) is 28.8 Å². The first-order valence-corrected chi connectivity index (χ1v) is 11.5. The largest absolute Gasteiger partial charge is 0.497 e. The highest BCUT2D eigenvalue weighted by molar-refractivity contribution is 6.31. The molecule has 1 N–H and O–H groups in total. The maximum absolute atomic E-state index is 12.9. The number of pyridine rings is 1. The van der Waals surface area contributed by atoms with Crippen LogP contribution >= 0.6 is 11.6 Å². The van der Waals surface area contributed by atoms with Gasteiger partial charge in [-0.3, -0.25) is 9.78 Å². The zero-order valence-electron chi connectivity index (χ0n) is 18.2. The minimum Gasteiger partial charge on any atom is -0.497 e. The number of hydrogen-bond acceptors (Lipinski definition) is 4. The van der Waals surface area contributed by atoms with Crippen LogP contribution in [0.5, 0.6) is 5.75 Å². The van der Waals surface area contributed by atoms with Crippen molar-refractivity contribution in [1.29, 1.82) is 0 Å². The molecular formula is C26H29ClN2O2. The van der Waals surface area contributed by atoms with Gasteiger partial charge in [-0.25, -0.2) is 0 Å². The van der Waals surface area contributed by atoms with Gasteiger partial charge in [-0.1, -0.05) is 43.9 Å². The number of hydrogen-bond donors (Lipinski definition) is 1. The van der Waals surface area contributed by atoms with Crippen LogP contribution in [0.4, 0.5) is 5.69 Å². The van der Waals surface area contributed by atoms with Gasteiger partial charge >= 0.3 is 0 Å².